The lowest BCUT2D eigenvalue weighted by Crippen LogP contribution is -2.61. The van der Waals surface area contributed by atoms with Crippen molar-refractivity contribution in [3.8, 4) is 0 Å². The summed E-state index contributed by atoms with van der Waals surface area (Å²) in [4.78, 5) is 31.3. The van der Waals surface area contributed by atoms with Crippen LogP contribution in [-0.2, 0) is 33.3 Å². The van der Waals surface area contributed by atoms with Gasteiger partial charge in [0.05, 0.1) is 0 Å². The second kappa shape index (κ2) is 8.84. The van der Waals surface area contributed by atoms with Crippen molar-refractivity contribution in [1.29, 1.82) is 0 Å². The topological polar surface area (TPSA) is 210 Å². The van der Waals surface area contributed by atoms with Gasteiger partial charge in [0.1, 0.15) is 18.3 Å². The zero-order chi connectivity index (χ0) is 18.4. The van der Waals surface area contributed by atoms with Crippen LogP contribution in [0.1, 0.15) is 0 Å². The van der Waals surface area contributed by atoms with E-state index in [0.29, 0.717) is 0 Å². The molecule has 0 aromatic carbocycles. The largest absolute Gasteiger partial charge is 0.479 e. The maximum Gasteiger partial charge on any atom is 0.335 e. The molecule has 24 heavy (non-hydrogen) atoms. The van der Waals surface area contributed by atoms with Crippen LogP contribution in [0.4, 0.5) is 0 Å². The molecule has 0 spiro atoms. The Morgan fingerprint density at radius 3 is 2.08 bits per heavy atom. The summed E-state index contributed by atoms with van der Waals surface area (Å²) >= 11 is 0. The van der Waals surface area contributed by atoms with Gasteiger partial charge in [-0.3, -0.25) is 9.59 Å². The molecule has 1 heterocycles. The molecular weight excluding hydrogens is 340 g/mol. The summed E-state index contributed by atoms with van der Waals surface area (Å²) in [6, 6.07) is 0. The second-order valence-corrected chi connectivity index (χ2v) is 4.58. The van der Waals surface area contributed by atoms with Gasteiger partial charge in [0.25, 0.3) is 12.9 Å². The number of carbonyl (C=O) groups is 3. The molecule has 1 saturated heterocycles. The first-order valence-electron chi connectivity index (χ1n) is 6.36. The van der Waals surface area contributed by atoms with Gasteiger partial charge in [-0.2, -0.15) is 0 Å². The van der Waals surface area contributed by atoms with Crippen molar-refractivity contribution < 1.29 is 64.0 Å². The van der Waals surface area contributed by atoms with Gasteiger partial charge < -0.3 is 49.6 Å². The first-order chi connectivity index (χ1) is 11.2. The third kappa shape index (κ3) is 4.57. The average molecular weight is 356 g/mol. The highest BCUT2D eigenvalue weighted by Gasteiger charge is 2.48. The van der Waals surface area contributed by atoms with E-state index in [1.54, 1.807) is 0 Å². The fourth-order valence-corrected chi connectivity index (χ4v) is 1.82. The Morgan fingerprint density at radius 1 is 1.00 bits per heavy atom. The summed E-state index contributed by atoms with van der Waals surface area (Å²) in [6.45, 7) is -0.395. The van der Waals surface area contributed by atoms with Crippen LogP contribution >= 0.6 is 0 Å². The van der Waals surface area contributed by atoms with E-state index in [4.69, 9.17) is 14.6 Å². The zero-order valence-electron chi connectivity index (χ0n) is 11.8. The number of aliphatic carboxylic acids is 1. The van der Waals surface area contributed by atoms with Crippen molar-refractivity contribution in [2.24, 2.45) is 0 Å². The van der Waals surface area contributed by atoms with Crippen LogP contribution in [0.5, 0.6) is 0 Å². The maximum atomic E-state index is 10.8. The average Bonchev–Trinajstić information content (AvgIpc) is 2.53. The predicted octanol–water partition coefficient (Wildman–Crippen LogP) is -4.75. The van der Waals surface area contributed by atoms with Crippen molar-refractivity contribution >= 4 is 18.9 Å². The first-order valence-corrected chi connectivity index (χ1v) is 6.36. The first kappa shape index (κ1) is 20.2. The molecule has 0 radical (unpaired) electrons. The van der Waals surface area contributed by atoms with E-state index in [-0.39, 0.29) is 12.9 Å². The van der Waals surface area contributed by atoms with E-state index in [9.17, 15) is 39.9 Å². The summed E-state index contributed by atoms with van der Waals surface area (Å²) in [5.41, 5.74) is 0. The number of rotatable bonds is 9. The fraction of sp³-hybridized carbons (Fsp3) is 0.727. The third-order valence-electron chi connectivity index (χ3n) is 3.05. The molecule has 8 unspecified atom stereocenters. The summed E-state index contributed by atoms with van der Waals surface area (Å²) in [5.74, 6) is -1.87. The third-order valence-corrected chi connectivity index (χ3v) is 3.05. The number of aliphatic hydroxyl groups is 5. The molecule has 0 aromatic rings. The van der Waals surface area contributed by atoms with Crippen molar-refractivity contribution in [3.05, 3.63) is 0 Å². The van der Waals surface area contributed by atoms with Gasteiger partial charge in [-0.25, -0.2) is 4.79 Å². The summed E-state index contributed by atoms with van der Waals surface area (Å²) in [7, 11) is 0. The molecule has 0 bridgehead atoms. The van der Waals surface area contributed by atoms with Gasteiger partial charge in [-0.1, -0.05) is 0 Å². The van der Waals surface area contributed by atoms with Gasteiger partial charge >= 0.3 is 5.97 Å². The minimum Gasteiger partial charge on any atom is -0.479 e. The zero-order valence-corrected chi connectivity index (χ0v) is 11.8. The molecule has 138 valence electrons. The summed E-state index contributed by atoms with van der Waals surface area (Å²) in [5, 5.41) is 56.6. The van der Waals surface area contributed by atoms with Gasteiger partial charge in [0, 0.05) is 0 Å². The van der Waals surface area contributed by atoms with Crippen molar-refractivity contribution in [2.45, 2.75) is 49.4 Å². The molecule has 1 aliphatic rings. The minimum absolute atomic E-state index is 0.136. The van der Waals surface area contributed by atoms with Gasteiger partial charge in [-0.15, -0.1) is 0 Å². The number of aliphatic hydroxyl groups excluding tert-OH is 5. The van der Waals surface area contributed by atoms with Gasteiger partial charge in [0.2, 0.25) is 12.6 Å². The molecule has 6 N–H and O–H groups in total. The number of hydrogen-bond donors (Lipinski definition) is 6. The maximum absolute atomic E-state index is 10.8. The van der Waals surface area contributed by atoms with Crippen molar-refractivity contribution in [2.75, 3.05) is 0 Å². The highest BCUT2D eigenvalue weighted by molar-refractivity contribution is 5.72. The molecule has 0 amide bonds. The Bertz CT molecular complexity index is 442. The number of hydrogen-bond acceptors (Lipinski definition) is 12. The molecule has 0 saturated carbocycles. The minimum atomic E-state index is -2.43. The second-order valence-electron chi connectivity index (χ2n) is 4.58. The smallest absolute Gasteiger partial charge is 0.335 e. The Balaban J connectivity index is 2.95. The van der Waals surface area contributed by atoms with E-state index in [2.05, 4.69) is 9.47 Å². The molecule has 0 aromatic heterocycles. The van der Waals surface area contributed by atoms with E-state index in [0.717, 1.165) is 0 Å². The normalized spacial score (nSPS) is 33.8. The van der Waals surface area contributed by atoms with Crippen LogP contribution in [0.3, 0.4) is 0 Å². The highest BCUT2D eigenvalue weighted by Crippen LogP contribution is 2.25. The fourth-order valence-electron chi connectivity index (χ4n) is 1.82. The van der Waals surface area contributed by atoms with Crippen molar-refractivity contribution in [3.63, 3.8) is 0 Å². The SMILES string of the molecule is O=COC(O)C(OC1OC(OC=O)C(O)C(O)C1O)C(O)C(=O)O. The highest BCUT2D eigenvalue weighted by atomic mass is 16.8. The van der Waals surface area contributed by atoms with Crippen LogP contribution in [-0.4, -0.2) is 98.9 Å². The quantitative estimate of drug-likeness (QED) is 0.169. The Kier molecular flexibility index (Phi) is 7.43. The van der Waals surface area contributed by atoms with Gasteiger partial charge in [-0.05, 0) is 0 Å². The standard InChI is InChI=1S/C11H16O13/c12-1-21-9(20)7(6(17)8(18)19)23-11-5(16)3(14)4(15)10(24-11)22-2-13/h1-7,9-11,14-17,20H,(H,18,19). The lowest BCUT2D eigenvalue weighted by atomic mass is 10.0. The summed E-state index contributed by atoms with van der Waals surface area (Å²) in [6.07, 6.45) is -16.4. The van der Waals surface area contributed by atoms with Crippen molar-refractivity contribution in [1.82, 2.24) is 0 Å². The van der Waals surface area contributed by atoms with Gasteiger partial charge in [0.15, 0.2) is 18.5 Å². The number of carbonyl (C=O) groups excluding carboxylic acids is 2. The van der Waals surface area contributed by atoms with Crippen LogP contribution in [0.2, 0.25) is 0 Å². The molecule has 1 fully saturated rings. The number of ether oxygens (including phenoxy) is 4. The lowest BCUT2D eigenvalue weighted by molar-refractivity contribution is -0.361. The van der Waals surface area contributed by atoms with Crippen LogP contribution < -0.4 is 0 Å². The molecule has 0 aliphatic carbocycles. The van der Waals surface area contributed by atoms with E-state index >= 15 is 0 Å². The molecular formula is C11H16O13. The van der Waals surface area contributed by atoms with Crippen LogP contribution in [0.15, 0.2) is 0 Å². The summed E-state index contributed by atoms with van der Waals surface area (Å²) < 4.78 is 18.0. The monoisotopic (exact) mass is 356 g/mol. The Hall–Kier alpha value is -1.87. The Labute approximate surface area is 133 Å². The van der Waals surface area contributed by atoms with E-state index < -0.39 is 55.4 Å². The van der Waals surface area contributed by atoms with Crippen LogP contribution in [0, 0.1) is 0 Å². The Morgan fingerprint density at radius 2 is 1.58 bits per heavy atom. The molecule has 13 nitrogen and oxygen atoms in total. The number of carboxylic acids is 1. The van der Waals surface area contributed by atoms with E-state index in [1.165, 1.54) is 0 Å². The molecule has 13 heteroatoms. The predicted molar refractivity (Wildman–Crippen MR) is 65.5 cm³/mol. The lowest BCUT2D eigenvalue weighted by Gasteiger charge is -2.40. The molecule has 1 aliphatic heterocycles. The van der Waals surface area contributed by atoms with Crippen LogP contribution in [0.25, 0.3) is 0 Å². The van der Waals surface area contributed by atoms with E-state index in [1.807, 2.05) is 0 Å². The molecule has 1 rings (SSSR count). The molecule has 8 atom stereocenters. The number of carboxylic acid groups (broad SMARTS) is 1.